The molecule has 130 valence electrons. The minimum atomic E-state index is -0.143. The zero-order chi connectivity index (χ0) is 18.0. The number of benzene rings is 1. The molecule has 0 bridgehead atoms. The van der Waals surface area contributed by atoms with E-state index in [0.29, 0.717) is 28.9 Å². The van der Waals surface area contributed by atoms with Gasteiger partial charge in [0.25, 0.3) is 11.6 Å². The van der Waals surface area contributed by atoms with Gasteiger partial charge in [-0.3, -0.25) is 4.79 Å². The minimum absolute atomic E-state index is 0.143. The van der Waals surface area contributed by atoms with Crippen LogP contribution in [0.5, 0.6) is 0 Å². The predicted octanol–water partition coefficient (Wildman–Crippen LogP) is 3.21. The third-order valence-electron chi connectivity index (χ3n) is 4.15. The monoisotopic (exact) mass is 338 g/mol. The molecule has 3 rings (SSSR count). The van der Waals surface area contributed by atoms with Crippen molar-refractivity contribution < 1.29 is 9.32 Å². The maximum absolute atomic E-state index is 12.7. The highest BCUT2D eigenvalue weighted by molar-refractivity contribution is 6.06. The zero-order valence-electron chi connectivity index (χ0n) is 14.7. The predicted molar refractivity (Wildman–Crippen MR) is 97.5 cm³/mol. The lowest BCUT2D eigenvalue weighted by Gasteiger charge is -2.10. The van der Waals surface area contributed by atoms with Gasteiger partial charge in [0, 0.05) is 17.9 Å². The Bertz CT molecular complexity index is 898. The van der Waals surface area contributed by atoms with E-state index in [1.165, 1.54) is 0 Å². The number of carbonyl (C=O) groups excluding carboxylic acids is 1. The molecule has 0 saturated heterocycles. The zero-order valence-corrected chi connectivity index (χ0v) is 14.7. The fourth-order valence-corrected chi connectivity index (χ4v) is 2.69. The van der Waals surface area contributed by atoms with Crippen molar-refractivity contribution in [2.45, 2.75) is 33.1 Å². The van der Waals surface area contributed by atoms with Crippen LogP contribution in [0.1, 0.15) is 47.1 Å². The summed E-state index contributed by atoms with van der Waals surface area (Å²) >= 11 is 0. The number of aromatic nitrogens is 2. The Labute approximate surface area is 146 Å². The van der Waals surface area contributed by atoms with Crippen molar-refractivity contribution in [2.24, 2.45) is 0 Å². The molecule has 25 heavy (non-hydrogen) atoms. The number of rotatable bonds is 5. The molecule has 0 fully saturated rings. The van der Waals surface area contributed by atoms with Gasteiger partial charge in [0.1, 0.15) is 0 Å². The largest absolute Gasteiger partial charge is 0.399 e. The van der Waals surface area contributed by atoms with Crippen molar-refractivity contribution in [1.29, 1.82) is 0 Å². The molecule has 0 saturated carbocycles. The maximum Gasteiger partial charge on any atom is 0.259 e. The number of hydrogen-bond donors (Lipinski definition) is 2. The molecule has 0 radical (unpaired) electrons. The quantitative estimate of drug-likeness (QED) is 0.697. The van der Waals surface area contributed by atoms with Crippen LogP contribution in [-0.4, -0.2) is 22.6 Å². The molecule has 0 aliphatic heterocycles. The molecule has 0 aliphatic carbocycles. The van der Waals surface area contributed by atoms with Crippen LogP contribution >= 0.6 is 0 Å². The molecule has 3 aromatic rings. The van der Waals surface area contributed by atoms with Gasteiger partial charge in [-0.15, -0.1) is 0 Å². The van der Waals surface area contributed by atoms with Gasteiger partial charge >= 0.3 is 0 Å². The van der Waals surface area contributed by atoms with E-state index in [2.05, 4.69) is 15.5 Å². The summed E-state index contributed by atoms with van der Waals surface area (Å²) < 4.78 is 5.26. The van der Waals surface area contributed by atoms with Crippen molar-refractivity contribution in [2.75, 3.05) is 12.3 Å². The van der Waals surface area contributed by atoms with Crippen molar-refractivity contribution in [3.63, 3.8) is 0 Å². The molecular weight excluding hydrogens is 316 g/mol. The first-order valence-electron chi connectivity index (χ1n) is 8.35. The van der Waals surface area contributed by atoms with Crippen molar-refractivity contribution >= 4 is 22.7 Å². The second-order valence-electron chi connectivity index (χ2n) is 6.45. The molecule has 0 atom stereocenters. The molecule has 0 spiro atoms. The lowest BCUT2D eigenvalue weighted by atomic mass is 10.0. The van der Waals surface area contributed by atoms with Crippen LogP contribution in [0.3, 0.4) is 0 Å². The van der Waals surface area contributed by atoms with E-state index in [9.17, 15) is 4.79 Å². The number of pyridine rings is 1. The number of carbonyl (C=O) groups is 1. The highest BCUT2D eigenvalue weighted by atomic mass is 16.5. The Balaban J connectivity index is 1.79. The molecule has 0 unspecified atom stereocenters. The van der Waals surface area contributed by atoms with Crippen molar-refractivity contribution in [3.8, 4) is 0 Å². The van der Waals surface area contributed by atoms with Crippen LogP contribution in [0.4, 0.5) is 5.69 Å². The first kappa shape index (κ1) is 17.0. The minimum Gasteiger partial charge on any atom is -0.399 e. The highest BCUT2D eigenvalue weighted by Gasteiger charge is 2.19. The summed E-state index contributed by atoms with van der Waals surface area (Å²) in [6.07, 6.45) is 0.736. The van der Waals surface area contributed by atoms with Gasteiger partial charge in [-0.2, -0.15) is 0 Å². The van der Waals surface area contributed by atoms with Gasteiger partial charge in [0.15, 0.2) is 0 Å². The molecule has 6 heteroatoms. The van der Waals surface area contributed by atoms with Crippen molar-refractivity contribution in [1.82, 2.24) is 15.5 Å². The Morgan fingerprint density at radius 2 is 2.00 bits per heavy atom. The van der Waals surface area contributed by atoms with E-state index >= 15 is 0 Å². The van der Waals surface area contributed by atoms with Crippen LogP contribution in [-0.2, 0) is 6.42 Å². The molecule has 6 nitrogen and oxygen atoms in total. The number of nitrogens with one attached hydrogen (secondary N) is 1. The second kappa shape index (κ2) is 6.93. The number of aryl methyl sites for hydroxylation is 1. The Kier molecular flexibility index (Phi) is 4.70. The molecule has 1 aromatic carbocycles. The van der Waals surface area contributed by atoms with Gasteiger partial charge in [0.2, 0.25) is 0 Å². The summed E-state index contributed by atoms with van der Waals surface area (Å²) in [6, 6.07) is 9.48. The van der Waals surface area contributed by atoms with Crippen LogP contribution in [0.2, 0.25) is 0 Å². The number of anilines is 1. The van der Waals surface area contributed by atoms with E-state index in [1.807, 2.05) is 51.1 Å². The third kappa shape index (κ3) is 3.63. The average molecular weight is 338 g/mol. The number of nitrogen functional groups attached to an aromatic ring is 1. The van der Waals surface area contributed by atoms with Crippen molar-refractivity contribution in [3.05, 3.63) is 52.8 Å². The van der Waals surface area contributed by atoms with Gasteiger partial charge < -0.3 is 15.6 Å². The standard InChI is InChI=1S/C19H22N4O2/c1-11(2)16-10-15(17-12(3)23-25-19(17)22-16)18(24)21-9-8-13-4-6-14(20)7-5-13/h4-7,10-11H,8-9,20H2,1-3H3,(H,21,24). The SMILES string of the molecule is Cc1noc2nc(C(C)C)cc(C(=O)NCCc3ccc(N)cc3)c12. The summed E-state index contributed by atoms with van der Waals surface area (Å²) in [4.78, 5) is 17.2. The summed E-state index contributed by atoms with van der Waals surface area (Å²) in [5.74, 6) is 0.0483. The van der Waals surface area contributed by atoms with E-state index in [4.69, 9.17) is 10.3 Å². The second-order valence-corrected chi connectivity index (χ2v) is 6.45. The lowest BCUT2D eigenvalue weighted by molar-refractivity contribution is 0.0955. The molecule has 2 aromatic heterocycles. The maximum atomic E-state index is 12.7. The summed E-state index contributed by atoms with van der Waals surface area (Å²) in [5, 5.41) is 7.59. The molecule has 1 amide bonds. The Morgan fingerprint density at radius 1 is 1.28 bits per heavy atom. The molecular formula is C19H22N4O2. The van der Waals surface area contributed by atoms with Crippen LogP contribution in [0.15, 0.2) is 34.9 Å². The highest BCUT2D eigenvalue weighted by Crippen LogP contribution is 2.25. The van der Waals surface area contributed by atoms with E-state index in [1.54, 1.807) is 0 Å². The van der Waals surface area contributed by atoms with Crippen LogP contribution in [0.25, 0.3) is 11.1 Å². The number of nitrogens with zero attached hydrogens (tertiary/aromatic N) is 2. The fourth-order valence-electron chi connectivity index (χ4n) is 2.69. The Hall–Kier alpha value is -2.89. The third-order valence-corrected chi connectivity index (χ3v) is 4.15. The van der Waals surface area contributed by atoms with Gasteiger partial charge in [-0.05, 0) is 43.0 Å². The van der Waals surface area contributed by atoms with E-state index in [-0.39, 0.29) is 11.8 Å². The Morgan fingerprint density at radius 3 is 2.68 bits per heavy atom. The summed E-state index contributed by atoms with van der Waals surface area (Å²) in [7, 11) is 0. The number of amides is 1. The number of fused-ring (bicyclic) bond motifs is 1. The number of nitrogens with two attached hydrogens (primary N) is 1. The molecule has 0 aliphatic rings. The average Bonchev–Trinajstić information content (AvgIpc) is 2.97. The van der Waals surface area contributed by atoms with Crippen LogP contribution in [0, 0.1) is 6.92 Å². The first-order valence-corrected chi connectivity index (χ1v) is 8.35. The smallest absolute Gasteiger partial charge is 0.259 e. The van der Waals surface area contributed by atoms with Crippen LogP contribution < -0.4 is 11.1 Å². The van der Waals surface area contributed by atoms with Gasteiger partial charge in [0.05, 0.1) is 16.6 Å². The van der Waals surface area contributed by atoms with E-state index in [0.717, 1.165) is 23.4 Å². The molecule has 2 heterocycles. The first-order chi connectivity index (χ1) is 12.0. The molecule has 3 N–H and O–H groups in total. The van der Waals surface area contributed by atoms with Gasteiger partial charge in [-0.1, -0.05) is 31.1 Å². The topological polar surface area (TPSA) is 94.0 Å². The lowest BCUT2D eigenvalue weighted by Crippen LogP contribution is -2.26. The van der Waals surface area contributed by atoms with E-state index < -0.39 is 0 Å². The van der Waals surface area contributed by atoms with Gasteiger partial charge in [-0.25, -0.2) is 4.98 Å². The summed E-state index contributed by atoms with van der Waals surface area (Å²) in [6.45, 7) is 6.40. The fraction of sp³-hybridized carbons (Fsp3) is 0.316. The number of hydrogen-bond acceptors (Lipinski definition) is 5. The normalized spacial score (nSPS) is 11.2. The summed E-state index contributed by atoms with van der Waals surface area (Å²) in [5.41, 5.74) is 9.99.